The van der Waals surface area contributed by atoms with E-state index in [1.165, 1.54) is 33.5 Å². The summed E-state index contributed by atoms with van der Waals surface area (Å²) in [4.78, 5) is 26.1. The number of methoxy groups -OCH3 is 3. The number of nitrogens with one attached hydrogen (secondary N) is 2. The molecule has 0 aliphatic heterocycles. The van der Waals surface area contributed by atoms with Crippen LogP contribution in [0.1, 0.15) is 27.6 Å². The molecule has 8 heteroatoms. The molecule has 0 fully saturated rings. The number of rotatable bonds is 8. The number of para-hydroxylation sites is 3. The van der Waals surface area contributed by atoms with Crippen LogP contribution in [-0.2, 0) is 0 Å². The van der Waals surface area contributed by atoms with Gasteiger partial charge >= 0.3 is 0 Å². The average molecular weight is 460 g/mol. The molecule has 2 amide bonds. The second-order valence-electron chi connectivity index (χ2n) is 6.81. The molecule has 3 aromatic carbocycles. The van der Waals surface area contributed by atoms with Crippen LogP contribution in [0.15, 0.2) is 60.7 Å². The quantitative estimate of drug-likeness (QED) is 0.478. The monoisotopic (exact) mass is 460 g/mol. The molecule has 0 unspecified atom stereocenters. The lowest BCUT2D eigenvalue weighted by Crippen LogP contribution is -2.17. The van der Waals surface area contributed by atoms with Crippen LogP contribution in [0.4, 0.5) is 11.4 Å². The van der Waals surface area contributed by atoms with Gasteiger partial charge in [0.15, 0.2) is 5.75 Å². The lowest BCUT2D eigenvalue weighted by atomic mass is 10.1. The van der Waals surface area contributed by atoms with Crippen LogP contribution in [0.2, 0.25) is 0 Å². The predicted octanol–water partition coefficient (Wildman–Crippen LogP) is 4.58. The summed E-state index contributed by atoms with van der Waals surface area (Å²) < 4.78 is 21.5. The van der Waals surface area contributed by atoms with Crippen molar-refractivity contribution in [2.24, 2.45) is 0 Å². The molecule has 174 valence electrons. The first-order chi connectivity index (χ1) is 16.5. The fourth-order valence-corrected chi connectivity index (χ4v) is 3.16. The van der Waals surface area contributed by atoms with Crippen LogP contribution >= 0.6 is 0 Å². The summed E-state index contributed by atoms with van der Waals surface area (Å²) in [5, 5.41) is 5.57. The first kappa shape index (κ1) is 24.0. The highest BCUT2D eigenvalue weighted by molar-refractivity contribution is 6.10. The van der Waals surface area contributed by atoms with Gasteiger partial charge in [-0.1, -0.05) is 30.2 Å². The molecule has 0 spiro atoms. The number of anilines is 2. The van der Waals surface area contributed by atoms with Gasteiger partial charge in [0.05, 0.1) is 43.8 Å². The van der Waals surface area contributed by atoms with Crippen LogP contribution in [0, 0.1) is 12.0 Å². The van der Waals surface area contributed by atoms with E-state index in [0.717, 1.165) is 0 Å². The summed E-state index contributed by atoms with van der Waals surface area (Å²) in [6, 6.07) is 16.7. The summed E-state index contributed by atoms with van der Waals surface area (Å²) in [6.07, 6.45) is 2.50. The first-order valence-electron chi connectivity index (χ1n) is 10.2. The van der Waals surface area contributed by atoms with Crippen molar-refractivity contribution in [3.05, 3.63) is 71.8 Å². The van der Waals surface area contributed by atoms with Crippen molar-refractivity contribution in [3.63, 3.8) is 0 Å². The van der Waals surface area contributed by atoms with E-state index in [9.17, 15) is 9.59 Å². The summed E-state index contributed by atoms with van der Waals surface area (Å²) in [7, 11) is 4.42. The third-order valence-corrected chi connectivity index (χ3v) is 4.76. The topological polar surface area (TPSA) is 95.1 Å². The Balaban J connectivity index is 2.01. The lowest BCUT2D eigenvalue weighted by molar-refractivity contribution is 0.101. The number of carbonyl (C=O) groups excluding carboxylic acids is 2. The summed E-state index contributed by atoms with van der Waals surface area (Å²) in [5.41, 5.74) is 1.19. The third-order valence-electron chi connectivity index (χ3n) is 4.76. The van der Waals surface area contributed by atoms with E-state index in [0.29, 0.717) is 22.7 Å². The highest BCUT2D eigenvalue weighted by Gasteiger charge is 2.21. The Kier molecular flexibility index (Phi) is 7.97. The molecule has 0 bridgehead atoms. The van der Waals surface area contributed by atoms with Crippen LogP contribution < -0.4 is 29.6 Å². The number of ether oxygens (including phenoxy) is 4. The van der Waals surface area contributed by atoms with Crippen LogP contribution in [0.5, 0.6) is 23.0 Å². The van der Waals surface area contributed by atoms with Gasteiger partial charge in [0.1, 0.15) is 23.4 Å². The zero-order chi connectivity index (χ0) is 24.5. The van der Waals surface area contributed by atoms with E-state index >= 15 is 0 Å². The zero-order valence-electron chi connectivity index (χ0n) is 19.2. The molecule has 0 aliphatic carbocycles. The maximum atomic E-state index is 13.1. The van der Waals surface area contributed by atoms with Crippen molar-refractivity contribution in [3.8, 4) is 35.0 Å². The Morgan fingerprint density at radius 1 is 0.676 bits per heavy atom. The highest BCUT2D eigenvalue weighted by atomic mass is 16.5. The van der Waals surface area contributed by atoms with Gasteiger partial charge in [0.25, 0.3) is 11.8 Å². The van der Waals surface area contributed by atoms with E-state index in [4.69, 9.17) is 18.9 Å². The SMILES string of the molecule is CC#COc1cc(OC)c(C(=O)Nc2ccccc2OC)cc1NC(=O)c1ccccc1OC. The molecule has 0 atom stereocenters. The number of carbonyl (C=O) groups is 2. The van der Waals surface area contributed by atoms with Gasteiger partial charge in [-0.3, -0.25) is 9.59 Å². The van der Waals surface area contributed by atoms with Gasteiger partial charge in [-0.25, -0.2) is 0 Å². The van der Waals surface area contributed by atoms with E-state index in [-0.39, 0.29) is 22.7 Å². The van der Waals surface area contributed by atoms with Gasteiger partial charge in [0, 0.05) is 13.0 Å². The van der Waals surface area contributed by atoms with E-state index in [1.54, 1.807) is 55.5 Å². The average Bonchev–Trinajstić information content (AvgIpc) is 2.87. The number of hydrogen-bond donors (Lipinski definition) is 2. The predicted molar refractivity (Wildman–Crippen MR) is 129 cm³/mol. The minimum absolute atomic E-state index is 0.167. The Labute approximate surface area is 197 Å². The molecule has 0 heterocycles. The van der Waals surface area contributed by atoms with Gasteiger partial charge in [-0.05, 0) is 30.3 Å². The van der Waals surface area contributed by atoms with Crippen molar-refractivity contribution >= 4 is 23.2 Å². The standard InChI is InChI=1S/C26H24N2O6/c1-5-14-34-24-16-23(33-4)18(26(30)27-19-11-7-9-13-22(19)32-3)15-20(24)28-25(29)17-10-6-8-12-21(17)31-2/h6-13,15-16H,1-4H3,(H,27,30)(H,28,29). The van der Waals surface area contributed by atoms with E-state index < -0.39 is 11.8 Å². The summed E-state index contributed by atoms with van der Waals surface area (Å²) >= 11 is 0. The molecular weight excluding hydrogens is 436 g/mol. The fourth-order valence-electron chi connectivity index (χ4n) is 3.16. The second-order valence-corrected chi connectivity index (χ2v) is 6.81. The molecule has 0 radical (unpaired) electrons. The molecule has 3 aromatic rings. The maximum absolute atomic E-state index is 13.1. The first-order valence-corrected chi connectivity index (χ1v) is 10.2. The smallest absolute Gasteiger partial charge is 0.259 e. The normalized spacial score (nSPS) is 9.76. The number of amides is 2. The summed E-state index contributed by atoms with van der Waals surface area (Å²) in [6.45, 7) is 1.61. The van der Waals surface area contributed by atoms with Crippen molar-refractivity contribution in [1.82, 2.24) is 0 Å². The fraction of sp³-hybridized carbons (Fsp3) is 0.154. The Bertz CT molecular complexity index is 1260. The van der Waals surface area contributed by atoms with Crippen LogP contribution in [0.3, 0.4) is 0 Å². The molecule has 0 aromatic heterocycles. The number of hydrogen-bond acceptors (Lipinski definition) is 6. The largest absolute Gasteiger partial charge is 0.496 e. The minimum atomic E-state index is -0.470. The third kappa shape index (κ3) is 5.40. The van der Waals surface area contributed by atoms with Crippen LogP contribution in [-0.4, -0.2) is 33.1 Å². The highest BCUT2D eigenvalue weighted by Crippen LogP contribution is 2.35. The Hall–Kier alpha value is -4.64. The zero-order valence-corrected chi connectivity index (χ0v) is 19.2. The van der Waals surface area contributed by atoms with Gasteiger partial charge < -0.3 is 29.6 Å². The lowest BCUT2D eigenvalue weighted by Gasteiger charge is -2.16. The number of benzene rings is 3. The van der Waals surface area contributed by atoms with Crippen molar-refractivity contribution < 1.29 is 28.5 Å². The van der Waals surface area contributed by atoms with E-state index in [1.807, 2.05) is 0 Å². The molecule has 2 N–H and O–H groups in total. The second kappa shape index (κ2) is 11.3. The molecule has 8 nitrogen and oxygen atoms in total. The summed E-state index contributed by atoms with van der Waals surface area (Å²) in [5.74, 6) is 3.05. The minimum Gasteiger partial charge on any atom is -0.496 e. The van der Waals surface area contributed by atoms with Gasteiger partial charge in [-0.2, -0.15) is 0 Å². The van der Waals surface area contributed by atoms with Crippen molar-refractivity contribution in [1.29, 1.82) is 0 Å². The Morgan fingerprint density at radius 2 is 1.26 bits per heavy atom. The molecule has 0 aliphatic rings. The molecule has 34 heavy (non-hydrogen) atoms. The molecule has 3 rings (SSSR count). The van der Waals surface area contributed by atoms with Gasteiger partial charge in [-0.15, -0.1) is 0 Å². The van der Waals surface area contributed by atoms with Gasteiger partial charge in [0.2, 0.25) is 0 Å². The maximum Gasteiger partial charge on any atom is 0.259 e. The Morgan fingerprint density at radius 3 is 1.94 bits per heavy atom. The van der Waals surface area contributed by atoms with E-state index in [2.05, 4.69) is 22.7 Å². The molecule has 0 saturated heterocycles. The molecular formula is C26H24N2O6. The van der Waals surface area contributed by atoms with Crippen molar-refractivity contribution in [2.75, 3.05) is 32.0 Å². The molecule has 0 saturated carbocycles. The van der Waals surface area contributed by atoms with Crippen LogP contribution in [0.25, 0.3) is 0 Å². The van der Waals surface area contributed by atoms with Crippen molar-refractivity contribution in [2.45, 2.75) is 6.92 Å².